The quantitative estimate of drug-likeness (QED) is 0.769. The molecule has 4 rings (SSSR count). The normalized spacial score (nSPS) is 17.8. The van der Waals surface area contributed by atoms with Gasteiger partial charge in [-0.1, -0.05) is 12.1 Å². The molecule has 1 atom stereocenters. The maximum absolute atomic E-state index is 12.3. The summed E-state index contributed by atoms with van der Waals surface area (Å²) in [6.07, 6.45) is 5.51. The summed E-state index contributed by atoms with van der Waals surface area (Å²) in [6.45, 7) is 2.37. The first-order chi connectivity index (χ1) is 12.6. The average Bonchev–Trinajstić information content (AvgIpc) is 2.99. The minimum atomic E-state index is -0.0384. The van der Waals surface area contributed by atoms with E-state index in [-0.39, 0.29) is 5.56 Å². The van der Waals surface area contributed by atoms with Gasteiger partial charge in [-0.3, -0.25) is 4.79 Å². The fourth-order valence-electron chi connectivity index (χ4n) is 3.63. The molecule has 1 aliphatic heterocycles. The van der Waals surface area contributed by atoms with Crippen molar-refractivity contribution in [1.29, 1.82) is 0 Å². The highest BCUT2D eigenvalue weighted by atomic mass is 16.1. The molecule has 1 N–H and O–H groups in total. The van der Waals surface area contributed by atoms with Gasteiger partial charge < -0.3 is 19.4 Å². The van der Waals surface area contributed by atoms with E-state index < -0.39 is 0 Å². The van der Waals surface area contributed by atoms with Crippen LogP contribution in [0.1, 0.15) is 18.7 Å². The van der Waals surface area contributed by atoms with Gasteiger partial charge in [0, 0.05) is 45.6 Å². The Morgan fingerprint density at radius 2 is 2.12 bits per heavy atom. The van der Waals surface area contributed by atoms with Gasteiger partial charge in [-0.2, -0.15) is 0 Å². The number of fused-ring (bicyclic) bond motifs is 1. The molecule has 7 heteroatoms. The Hall–Kier alpha value is -2.67. The van der Waals surface area contributed by atoms with Crippen LogP contribution in [0.25, 0.3) is 11.0 Å². The van der Waals surface area contributed by atoms with Crippen molar-refractivity contribution in [2.45, 2.75) is 25.4 Å². The summed E-state index contributed by atoms with van der Waals surface area (Å²) in [6, 6.07) is 8.49. The van der Waals surface area contributed by atoms with Crippen LogP contribution < -0.4 is 15.8 Å². The fourth-order valence-corrected chi connectivity index (χ4v) is 3.63. The number of aromatic nitrogens is 4. The largest absolute Gasteiger partial charge is 0.350 e. The molecule has 7 nitrogen and oxygen atoms in total. The highest BCUT2D eigenvalue weighted by Crippen LogP contribution is 2.17. The lowest BCUT2D eigenvalue weighted by Crippen LogP contribution is -2.47. The summed E-state index contributed by atoms with van der Waals surface area (Å²) in [5, 5.41) is 3.61. The zero-order chi connectivity index (χ0) is 18.1. The number of imidazole rings is 1. The number of nitrogens with one attached hydrogen (secondary N) is 1. The molecule has 1 saturated heterocycles. The van der Waals surface area contributed by atoms with Gasteiger partial charge in [-0.15, -0.1) is 0 Å². The Kier molecular flexibility index (Phi) is 4.46. The van der Waals surface area contributed by atoms with Crippen LogP contribution in [0.4, 0.5) is 5.82 Å². The van der Waals surface area contributed by atoms with Crippen LogP contribution in [-0.4, -0.2) is 38.2 Å². The molecular formula is C19H24N6O. The lowest BCUT2D eigenvalue weighted by Gasteiger charge is -2.33. The summed E-state index contributed by atoms with van der Waals surface area (Å²) < 4.78 is 3.72. The minimum Gasteiger partial charge on any atom is -0.350 e. The van der Waals surface area contributed by atoms with Gasteiger partial charge in [0.15, 0.2) is 5.82 Å². The van der Waals surface area contributed by atoms with Crippen molar-refractivity contribution in [2.24, 2.45) is 14.1 Å². The minimum absolute atomic E-state index is 0.0384. The van der Waals surface area contributed by atoms with E-state index in [0.29, 0.717) is 18.4 Å². The molecule has 136 valence electrons. The van der Waals surface area contributed by atoms with Gasteiger partial charge in [0.1, 0.15) is 5.82 Å². The first-order valence-corrected chi connectivity index (χ1v) is 9.04. The molecule has 1 fully saturated rings. The molecule has 0 amide bonds. The number of anilines is 1. The van der Waals surface area contributed by atoms with Gasteiger partial charge in [0.2, 0.25) is 0 Å². The van der Waals surface area contributed by atoms with Crippen molar-refractivity contribution in [3.05, 3.63) is 52.8 Å². The maximum Gasteiger partial charge on any atom is 0.293 e. The molecule has 3 heterocycles. The summed E-state index contributed by atoms with van der Waals surface area (Å²) in [5.74, 6) is 1.57. The Labute approximate surface area is 152 Å². The Morgan fingerprint density at radius 3 is 2.96 bits per heavy atom. The molecule has 2 aromatic heterocycles. The van der Waals surface area contributed by atoms with Gasteiger partial charge in [-0.05, 0) is 25.0 Å². The van der Waals surface area contributed by atoms with Crippen molar-refractivity contribution < 1.29 is 0 Å². The number of para-hydroxylation sites is 2. The first kappa shape index (κ1) is 16.8. The second-order valence-electron chi connectivity index (χ2n) is 6.91. The van der Waals surface area contributed by atoms with Crippen LogP contribution in [0.3, 0.4) is 0 Å². The molecule has 1 aliphatic rings. The maximum atomic E-state index is 12.3. The van der Waals surface area contributed by atoms with Crippen LogP contribution in [0, 0.1) is 0 Å². The lowest BCUT2D eigenvalue weighted by atomic mass is 10.1. The third-order valence-corrected chi connectivity index (χ3v) is 5.15. The number of hydrogen-bond acceptors (Lipinski definition) is 5. The molecule has 0 aliphatic carbocycles. The molecule has 0 spiro atoms. The highest BCUT2D eigenvalue weighted by Gasteiger charge is 2.23. The second kappa shape index (κ2) is 6.92. The van der Waals surface area contributed by atoms with Crippen molar-refractivity contribution in [1.82, 2.24) is 24.4 Å². The van der Waals surface area contributed by atoms with Gasteiger partial charge in [0.05, 0.1) is 17.6 Å². The van der Waals surface area contributed by atoms with Crippen molar-refractivity contribution >= 4 is 16.9 Å². The summed E-state index contributed by atoms with van der Waals surface area (Å²) >= 11 is 0. The van der Waals surface area contributed by atoms with Crippen LogP contribution in [-0.2, 0) is 20.6 Å². The second-order valence-corrected chi connectivity index (χ2v) is 6.91. The third kappa shape index (κ3) is 3.10. The zero-order valence-electron chi connectivity index (χ0n) is 15.2. The number of benzene rings is 1. The van der Waals surface area contributed by atoms with E-state index in [0.717, 1.165) is 42.8 Å². The van der Waals surface area contributed by atoms with Crippen molar-refractivity contribution in [3.8, 4) is 0 Å². The van der Waals surface area contributed by atoms with E-state index in [2.05, 4.69) is 32.9 Å². The number of piperidine rings is 1. The van der Waals surface area contributed by atoms with E-state index in [1.165, 1.54) is 0 Å². The molecule has 3 aromatic rings. The molecule has 0 saturated carbocycles. The predicted octanol–water partition coefficient (Wildman–Crippen LogP) is 1.43. The number of aryl methyl sites for hydroxylation is 2. The first-order valence-electron chi connectivity index (χ1n) is 9.04. The Balaban J connectivity index is 1.46. The van der Waals surface area contributed by atoms with E-state index in [1.807, 2.05) is 18.2 Å². The smallest absolute Gasteiger partial charge is 0.293 e. The van der Waals surface area contributed by atoms with Gasteiger partial charge in [0.25, 0.3) is 5.56 Å². The van der Waals surface area contributed by atoms with Crippen molar-refractivity contribution in [3.63, 3.8) is 0 Å². The van der Waals surface area contributed by atoms with E-state index in [4.69, 9.17) is 4.98 Å². The standard InChI is InChI=1S/C19H24N6O/c1-23-11-9-20-18(19(23)26)25-10-5-6-14(13-25)21-12-17-22-15-7-3-4-8-16(15)24(17)2/h3-4,7-9,11,14,21H,5-6,10,12-13H2,1-2H3. The molecule has 0 bridgehead atoms. The summed E-state index contributed by atoms with van der Waals surface area (Å²) in [5.41, 5.74) is 2.13. The van der Waals surface area contributed by atoms with Crippen LogP contribution >= 0.6 is 0 Å². The molecule has 1 unspecified atom stereocenters. The topological polar surface area (TPSA) is 68.0 Å². The molecule has 0 radical (unpaired) electrons. The number of rotatable bonds is 4. The third-order valence-electron chi connectivity index (χ3n) is 5.15. The molecule has 1 aromatic carbocycles. The van der Waals surface area contributed by atoms with E-state index in [9.17, 15) is 4.79 Å². The Bertz CT molecular complexity index is 976. The highest BCUT2D eigenvalue weighted by molar-refractivity contribution is 5.75. The van der Waals surface area contributed by atoms with E-state index >= 15 is 0 Å². The van der Waals surface area contributed by atoms with Crippen LogP contribution in [0.2, 0.25) is 0 Å². The van der Waals surface area contributed by atoms with Gasteiger partial charge >= 0.3 is 0 Å². The zero-order valence-corrected chi connectivity index (χ0v) is 15.2. The summed E-state index contributed by atoms with van der Waals surface area (Å²) in [4.78, 5) is 23.4. The average molecular weight is 352 g/mol. The molecular weight excluding hydrogens is 328 g/mol. The Morgan fingerprint density at radius 1 is 1.27 bits per heavy atom. The van der Waals surface area contributed by atoms with Gasteiger partial charge in [-0.25, -0.2) is 9.97 Å². The van der Waals surface area contributed by atoms with Crippen LogP contribution in [0.5, 0.6) is 0 Å². The van der Waals surface area contributed by atoms with Crippen LogP contribution in [0.15, 0.2) is 41.5 Å². The fraction of sp³-hybridized carbons (Fsp3) is 0.421. The van der Waals surface area contributed by atoms with E-state index in [1.54, 1.807) is 24.0 Å². The summed E-state index contributed by atoms with van der Waals surface area (Å²) in [7, 11) is 3.82. The predicted molar refractivity (Wildman–Crippen MR) is 102 cm³/mol. The SMILES string of the molecule is Cn1ccnc(N2CCCC(NCc3nc4ccccc4n3C)C2)c1=O. The number of hydrogen-bond donors (Lipinski definition) is 1. The molecule has 26 heavy (non-hydrogen) atoms. The number of nitrogens with zero attached hydrogens (tertiary/aromatic N) is 5. The van der Waals surface area contributed by atoms with Crippen molar-refractivity contribution in [2.75, 3.05) is 18.0 Å². The lowest BCUT2D eigenvalue weighted by molar-refractivity contribution is 0.413. The monoisotopic (exact) mass is 352 g/mol.